The van der Waals surface area contributed by atoms with E-state index in [1.165, 1.54) is 0 Å². The summed E-state index contributed by atoms with van der Waals surface area (Å²) in [4.78, 5) is 13.7. The summed E-state index contributed by atoms with van der Waals surface area (Å²) < 4.78 is 1.60. The van der Waals surface area contributed by atoms with Crippen molar-refractivity contribution in [1.82, 2.24) is 25.2 Å². The minimum atomic E-state index is 0.0425. The molecule has 0 radical (unpaired) electrons. The molecule has 1 heterocycles. The van der Waals surface area contributed by atoms with Gasteiger partial charge in [0.1, 0.15) is 6.54 Å². The summed E-state index contributed by atoms with van der Waals surface area (Å²) in [6.45, 7) is 12.6. The molecular weight excluding hydrogens is 242 g/mol. The predicted octanol–water partition coefficient (Wildman–Crippen LogP) is 1.03. The number of amides is 1. The van der Waals surface area contributed by atoms with Gasteiger partial charge in [0.05, 0.1) is 11.9 Å². The van der Waals surface area contributed by atoms with Crippen molar-refractivity contribution in [3.05, 3.63) is 11.9 Å². The maximum absolute atomic E-state index is 11.9. The van der Waals surface area contributed by atoms with E-state index in [4.69, 9.17) is 0 Å². The second-order valence-corrected chi connectivity index (χ2v) is 5.58. The van der Waals surface area contributed by atoms with Gasteiger partial charge in [0.15, 0.2) is 0 Å². The second-order valence-electron chi connectivity index (χ2n) is 5.58. The Morgan fingerprint density at radius 1 is 1.37 bits per heavy atom. The summed E-state index contributed by atoms with van der Waals surface area (Å²) in [5, 5.41) is 11.4. The quantitative estimate of drug-likeness (QED) is 0.836. The van der Waals surface area contributed by atoms with E-state index in [-0.39, 0.29) is 18.0 Å². The zero-order valence-electron chi connectivity index (χ0n) is 12.6. The van der Waals surface area contributed by atoms with Crippen LogP contribution in [-0.4, -0.2) is 44.4 Å². The molecule has 19 heavy (non-hydrogen) atoms. The van der Waals surface area contributed by atoms with Gasteiger partial charge in [-0.05, 0) is 34.6 Å². The van der Waals surface area contributed by atoms with Crippen LogP contribution in [0.25, 0.3) is 0 Å². The fraction of sp³-hybridized carbons (Fsp3) is 0.769. The van der Waals surface area contributed by atoms with Crippen molar-refractivity contribution in [2.45, 2.75) is 53.2 Å². The van der Waals surface area contributed by atoms with Gasteiger partial charge in [-0.25, -0.2) is 4.68 Å². The third kappa shape index (κ3) is 5.38. The Morgan fingerprint density at radius 2 is 2.00 bits per heavy atom. The smallest absolute Gasteiger partial charge is 0.244 e. The van der Waals surface area contributed by atoms with Crippen molar-refractivity contribution in [1.29, 1.82) is 0 Å². The summed E-state index contributed by atoms with van der Waals surface area (Å²) >= 11 is 0. The molecule has 1 aromatic rings. The normalized spacial score (nSPS) is 11.6. The Balaban J connectivity index is 2.53. The van der Waals surface area contributed by atoms with Crippen molar-refractivity contribution >= 4 is 5.91 Å². The van der Waals surface area contributed by atoms with E-state index >= 15 is 0 Å². The van der Waals surface area contributed by atoms with Gasteiger partial charge in [-0.2, -0.15) is 0 Å². The van der Waals surface area contributed by atoms with Gasteiger partial charge < -0.3 is 10.2 Å². The first kappa shape index (κ1) is 15.6. The highest BCUT2D eigenvalue weighted by molar-refractivity contribution is 5.75. The average Bonchev–Trinajstić information content (AvgIpc) is 2.75. The highest BCUT2D eigenvalue weighted by Crippen LogP contribution is 2.02. The van der Waals surface area contributed by atoms with Crippen LogP contribution in [-0.2, 0) is 17.9 Å². The summed E-state index contributed by atoms with van der Waals surface area (Å²) in [7, 11) is 0. The van der Waals surface area contributed by atoms with Gasteiger partial charge in [-0.1, -0.05) is 5.21 Å². The Bertz CT molecular complexity index is 403. The topological polar surface area (TPSA) is 63.1 Å². The van der Waals surface area contributed by atoms with E-state index in [1.54, 1.807) is 9.58 Å². The molecule has 1 rings (SSSR count). The van der Waals surface area contributed by atoms with Crippen molar-refractivity contribution in [2.75, 3.05) is 13.1 Å². The van der Waals surface area contributed by atoms with Crippen LogP contribution in [0.5, 0.6) is 0 Å². The standard InChI is InChI=1S/C13H25N5O/c1-6-17(7-2)12(19)10-18-9-11(15-16-18)8-14-13(3,4)5/h9,14H,6-8,10H2,1-5H3. The molecule has 0 bridgehead atoms. The lowest BCUT2D eigenvalue weighted by molar-refractivity contribution is -0.131. The largest absolute Gasteiger partial charge is 0.342 e. The van der Waals surface area contributed by atoms with E-state index in [0.29, 0.717) is 6.54 Å². The number of nitrogens with one attached hydrogen (secondary N) is 1. The molecule has 0 aliphatic carbocycles. The molecule has 1 amide bonds. The summed E-state index contributed by atoms with van der Waals surface area (Å²) in [5.41, 5.74) is 0.892. The molecule has 0 unspecified atom stereocenters. The van der Waals surface area contributed by atoms with E-state index in [9.17, 15) is 4.79 Å². The van der Waals surface area contributed by atoms with E-state index in [0.717, 1.165) is 18.8 Å². The molecule has 0 fully saturated rings. The summed E-state index contributed by atoms with van der Waals surface area (Å²) in [5.74, 6) is 0.0743. The maximum atomic E-state index is 11.9. The average molecular weight is 267 g/mol. The number of hydrogen-bond acceptors (Lipinski definition) is 4. The monoisotopic (exact) mass is 267 g/mol. The van der Waals surface area contributed by atoms with Crippen molar-refractivity contribution in [2.24, 2.45) is 0 Å². The fourth-order valence-corrected chi connectivity index (χ4v) is 1.67. The Kier molecular flexibility index (Phi) is 5.47. The van der Waals surface area contributed by atoms with Gasteiger partial charge in [0.25, 0.3) is 0 Å². The molecule has 6 heteroatoms. The lowest BCUT2D eigenvalue weighted by Gasteiger charge is -2.19. The number of likely N-dealkylation sites (N-methyl/N-ethyl adjacent to an activating group) is 1. The third-order valence-corrected chi connectivity index (χ3v) is 2.80. The lowest BCUT2D eigenvalue weighted by atomic mass is 10.1. The molecule has 6 nitrogen and oxygen atoms in total. The summed E-state index contributed by atoms with van der Waals surface area (Å²) in [6.07, 6.45) is 1.82. The number of carbonyl (C=O) groups excluding carboxylic acids is 1. The van der Waals surface area contributed by atoms with Crippen LogP contribution >= 0.6 is 0 Å². The molecule has 0 saturated carbocycles. The van der Waals surface area contributed by atoms with E-state index in [2.05, 4.69) is 36.4 Å². The van der Waals surface area contributed by atoms with E-state index < -0.39 is 0 Å². The molecular formula is C13H25N5O. The molecule has 1 aromatic heterocycles. The molecule has 108 valence electrons. The van der Waals surface area contributed by atoms with Gasteiger partial charge >= 0.3 is 0 Å². The molecule has 0 aliphatic rings. The van der Waals surface area contributed by atoms with Crippen LogP contribution in [0.4, 0.5) is 0 Å². The van der Waals surface area contributed by atoms with Crippen molar-refractivity contribution in [3.8, 4) is 0 Å². The first-order valence-electron chi connectivity index (χ1n) is 6.77. The summed E-state index contributed by atoms with van der Waals surface area (Å²) in [6, 6.07) is 0. The van der Waals surface area contributed by atoms with Gasteiger partial charge in [-0.3, -0.25) is 4.79 Å². The van der Waals surface area contributed by atoms with Crippen LogP contribution < -0.4 is 5.32 Å². The molecule has 0 saturated heterocycles. The van der Waals surface area contributed by atoms with Crippen LogP contribution in [0.2, 0.25) is 0 Å². The molecule has 0 spiro atoms. The maximum Gasteiger partial charge on any atom is 0.244 e. The SMILES string of the molecule is CCN(CC)C(=O)Cn1cc(CNC(C)(C)C)nn1. The number of hydrogen-bond donors (Lipinski definition) is 1. The molecule has 0 atom stereocenters. The first-order valence-corrected chi connectivity index (χ1v) is 6.77. The Labute approximate surface area is 115 Å². The second kappa shape index (κ2) is 6.65. The van der Waals surface area contributed by atoms with Crippen LogP contribution in [0.1, 0.15) is 40.3 Å². The zero-order chi connectivity index (χ0) is 14.5. The van der Waals surface area contributed by atoms with Crippen LogP contribution in [0.3, 0.4) is 0 Å². The van der Waals surface area contributed by atoms with Crippen LogP contribution in [0.15, 0.2) is 6.20 Å². The van der Waals surface area contributed by atoms with Crippen molar-refractivity contribution in [3.63, 3.8) is 0 Å². The third-order valence-electron chi connectivity index (χ3n) is 2.80. The van der Waals surface area contributed by atoms with Crippen molar-refractivity contribution < 1.29 is 4.79 Å². The fourth-order valence-electron chi connectivity index (χ4n) is 1.67. The minimum Gasteiger partial charge on any atom is -0.342 e. The zero-order valence-corrected chi connectivity index (χ0v) is 12.6. The first-order chi connectivity index (χ1) is 8.85. The Hall–Kier alpha value is -1.43. The van der Waals surface area contributed by atoms with Gasteiger partial charge in [0, 0.05) is 25.2 Å². The predicted molar refractivity (Wildman–Crippen MR) is 74.5 cm³/mol. The number of nitrogens with zero attached hydrogens (tertiary/aromatic N) is 4. The molecule has 0 aliphatic heterocycles. The Morgan fingerprint density at radius 3 is 2.53 bits per heavy atom. The van der Waals surface area contributed by atoms with Crippen LogP contribution in [0, 0.1) is 0 Å². The number of aromatic nitrogens is 3. The number of rotatable bonds is 6. The molecule has 1 N–H and O–H groups in total. The molecule has 0 aromatic carbocycles. The van der Waals surface area contributed by atoms with E-state index in [1.807, 2.05) is 20.0 Å². The highest BCUT2D eigenvalue weighted by Gasteiger charge is 2.13. The highest BCUT2D eigenvalue weighted by atomic mass is 16.2. The minimum absolute atomic E-state index is 0.0425. The number of carbonyl (C=O) groups is 1. The van der Waals surface area contributed by atoms with Gasteiger partial charge in [-0.15, -0.1) is 5.10 Å². The lowest BCUT2D eigenvalue weighted by Crippen LogP contribution is -2.35. The van der Waals surface area contributed by atoms with Gasteiger partial charge in [0.2, 0.25) is 5.91 Å².